The van der Waals surface area contributed by atoms with Crippen molar-refractivity contribution in [2.45, 2.75) is 23.2 Å². The molecule has 3 nitrogen and oxygen atoms in total. The SMILES string of the molecule is Cn1ccnc1SC1CCOCC1. The van der Waals surface area contributed by atoms with Crippen LogP contribution >= 0.6 is 11.8 Å². The highest BCUT2D eigenvalue weighted by Crippen LogP contribution is 2.27. The van der Waals surface area contributed by atoms with Gasteiger partial charge in [-0.05, 0) is 12.8 Å². The largest absolute Gasteiger partial charge is 0.381 e. The molecule has 0 amide bonds. The lowest BCUT2D eigenvalue weighted by Crippen LogP contribution is -2.17. The number of thioether (sulfide) groups is 1. The van der Waals surface area contributed by atoms with E-state index in [0.29, 0.717) is 5.25 Å². The Kier molecular flexibility index (Phi) is 2.90. The van der Waals surface area contributed by atoms with Gasteiger partial charge in [-0.2, -0.15) is 0 Å². The number of imidazole rings is 1. The predicted molar refractivity (Wildman–Crippen MR) is 52.9 cm³/mol. The molecule has 2 heterocycles. The van der Waals surface area contributed by atoms with Gasteiger partial charge >= 0.3 is 0 Å². The van der Waals surface area contributed by atoms with Gasteiger partial charge in [-0.25, -0.2) is 4.98 Å². The van der Waals surface area contributed by atoms with Gasteiger partial charge in [0.2, 0.25) is 0 Å². The molecule has 1 saturated heterocycles. The molecule has 0 aromatic carbocycles. The predicted octanol–water partition coefficient (Wildman–Crippen LogP) is 1.69. The molecule has 4 heteroatoms. The maximum Gasteiger partial charge on any atom is 0.167 e. The van der Waals surface area contributed by atoms with Gasteiger partial charge in [0.25, 0.3) is 0 Å². The number of hydrogen-bond donors (Lipinski definition) is 0. The summed E-state index contributed by atoms with van der Waals surface area (Å²) in [5.41, 5.74) is 0. The van der Waals surface area contributed by atoms with Gasteiger partial charge in [-0.15, -0.1) is 0 Å². The molecule has 0 spiro atoms. The number of rotatable bonds is 2. The van der Waals surface area contributed by atoms with Crippen molar-refractivity contribution in [3.63, 3.8) is 0 Å². The van der Waals surface area contributed by atoms with Crippen LogP contribution in [-0.4, -0.2) is 28.0 Å². The highest BCUT2D eigenvalue weighted by molar-refractivity contribution is 7.99. The second-order valence-corrected chi connectivity index (χ2v) is 4.52. The minimum atomic E-state index is 0.690. The van der Waals surface area contributed by atoms with E-state index in [1.54, 1.807) is 0 Å². The summed E-state index contributed by atoms with van der Waals surface area (Å²) in [6.45, 7) is 1.81. The van der Waals surface area contributed by atoms with Crippen molar-refractivity contribution >= 4 is 11.8 Å². The monoisotopic (exact) mass is 198 g/mol. The van der Waals surface area contributed by atoms with E-state index in [2.05, 4.69) is 9.55 Å². The topological polar surface area (TPSA) is 27.1 Å². The third-order valence-electron chi connectivity index (χ3n) is 2.22. The molecule has 72 valence electrons. The molecule has 0 atom stereocenters. The van der Waals surface area contributed by atoms with Crippen molar-refractivity contribution in [3.8, 4) is 0 Å². The summed E-state index contributed by atoms with van der Waals surface area (Å²) in [4.78, 5) is 4.29. The summed E-state index contributed by atoms with van der Waals surface area (Å²) in [6, 6.07) is 0. The number of hydrogen-bond acceptors (Lipinski definition) is 3. The van der Waals surface area contributed by atoms with Gasteiger partial charge in [-0.3, -0.25) is 0 Å². The average molecular weight is 198 g/mol. The van der Waals surface area contributed by atoms with Crippen molar-refractivity contribution in [3.05, 3.63) is 12.4 Å². The fraction of sp³-hybridized carbons (Fsp3) is 0.667. The molecule has 2 rings (SSSR count). The molecular weight excluding hydrogens is 184 g/mol. The first-order chi connectivity index (χ1) is 6.36. The zero-order chi connectivity index (χ0) is 9.10. The van der Waals surface area contributed by atoms with E-state index in [0.717, 1.165) is 31.2 Å². The Bertz CT molecular complexity index is 268. The molecule has 1 aliphatic heterocycles. The highest BCUT2D eigenvalue weighted by atomic mass is 32.2. The number of aryl methyl sites for hydroxylation is 1. The first-order valence-electron chi connectivity index (χ1n) is 4.58. The Labute approximate surface area is 82.5 Å². The van der Waals surface area contributed by atoms with Crippen LogP contribution in [0.1, 0.15) is 12.8 Å². The van der Waals surface area contributed by atoms with Crippen LogP contribution < -0.4 is 0 Å². The van der Waals surface area contributed by atoms with Gasteiger partial charge < -0.3 is 9.30 Å². The lowest BCUT2D eigenvalue weighted by Gasteiger charge is -2.20. The summed E-state index contributed by atoms with van der Waals surface area (Å²) < 4.78 is 7.38. The Hall–Kier alpha value is -0.480. The van der Waals surface area contributed by atoms with Crippen molar-refractivity contribution in [1.29, 1.82) is 0 Å². The Balaban J connectivity index is 1.93. The van der Waals surface area contributed by atoms with Crippen molar-refractivity contribution < 1.29 is 4.74 Å². The molecule has 1 fully saturated rings. The van der Waals surface area contributed by atoms with E-state index in [-0.39, 0.29) is 0 Å². The van der Waals surface area contributed by atoms with E-state index in [9.17, 15) is 0 Å². The molecule has 0 N–H and O–H groups in total. The minimum Gasteiger partial charge on any atom is -0.381 e. The number of nitrogens with zero attached hydrogens (tertiary/aromatic N) is 2. The standard InChI is InChI=1S/C9H14N2OS/c1-11-5-4-10-9(11)13-8-2-6-12-7-3-8/h4-5,8H,2-3,6-7H2,1H3. The molecular formula is C9H14N2OS. The first kappa shape index (κ1) is 9.09. The van der Waals surface area contributed by atoms with E-state index in [4.69, 9.17) is 4.74 Å². The van der Waals surface area contributed by atoms with Gasteiger partial charge in [0.1, 0.15) is 0 Å². The van der Waals surface area contributed by atoms with E-state index in [1.165, 1.54) is 0 Å². The summed E-state index contributed by atoms with van der Waals surface area (Å²) >= 11 is 1.87. The second kappa shape index (κ2) is 4.15. The molecule has 0 saturated carbocycles. The van der Waals surface area contributed by atoms with Gasteiger partial charge in [0, 0.05) is 37.9 Å². The molecule has 0 radical (unpaired) electrons. The third-order valence-corrected chi connectivity index (χ3v) is 3.63. The maximum absolute atomic E-state index is 5.31. The molecule has 1 aromatic heterocycles. The van der Waals surface area contributed by atoms with Gasteiger partial charge in [0.15, 0.2) is 5.16 Å². The molecule has 1 aromatic rings. The second-order valence-electron chi connectivity index (χ2n) is 3.25. The van der Waals surface area contributed by atoms with Crippen LogP contribution in [0.5, 0.6) is 0 Å². The number of ether oxygens (including phenoxy) is 1. The first-order valence-corrected chi connectivity index (χ1v) is 5.46. The van der Waals surface area contributed by atoms with Crippen molar-refractivity contribution in [2.75, 3.05) is 13.2 Å². The average Bonchev–Trinajstić information content (AvgIpc) is 2.54. The van der Waals surface area contributed by atoms with Gasteiger partial charge in [-0.1, -0.05) is 11.8 Å². The van der Waals surface area contributed by atoms with Crippen LogP contribution in [0.25, 0.3) is 0 Å². The normalized spacial score (nSPS) is 19.2. The lowest BCUT2D eigenvalue weighted by atomic mass is 10.2. The van der Waals surface area contributed by atoms with Crippen LogP contribution in [0.3, 0.4) is 0 Å². The Morgan fingerprint density at radius 2 is 2.31 bits per heavy atom. The zero-order valence-electron chi connectivity index (χ0n) is 7.77. The highest BCUT2D eigenvalue weighted by Gasteiger charge is 2.16. The summed E-state index contributed by atoms with van der Waals surface area (Å²) in [7, 11) is 2.04. The fourth-order valence-electron chi connectivity index (χ4n) is 1.41. The van der Waals surface area contributed by atoms with Crippen LogP contribution in [0.15, 0.2) is 17.6 Å². The quantitative estimate of drug-likeness (QED) is 0.723. The lowest BCUT2D eigenvalue weighted by molar-refractivity contribution is 0.0999. The van der Waals surface area contributed by atoms with Crippen LogP contribution in [0.4, 0.5) is 0 Å². The summed E-state index contributed by atoms with van der Waals surface area (Å²) in [6.07, 6.45) is 6.14. The third kappa shape index (κ3) is 2.25. The molecule has 0 unspecified atom stereocenters. The van der Waals surface area contributed by atoms with Gasteiger partial charge in [0.05, 0.1) is 0 Å². The van der Waals surface area contributed by atoms with E-state index in [1.807, 2.05) is 31.2 Å². The Morgan fingerprint density at radius 1 is 1.54 bits per heavy atom. The fourth-order valence-corrected chi connectivity index (χ4v) is 2.48. The molecule has 0 aliphatic carbocycles. The van der Waals surface area contributed by atoms with Crippen molar-refractivity contribution in [1.82, 2.24) is 9.55 Å². The van der Waals surface area contributed by atoms with E-state index < -0.39 is 0 Å². The molecule has 1 aliphatic rings. The summed E-state index contributed by atoms with van der Waals surface area (Å²) in [5.74, 6) is 0. The number of aromatic nitrogens is 2. The minimum absolute atomic E-state index is 0.690. The molecule has 0 bridgehead atoms. The van der Waals surface area contributed by atoms with Crippen LogP contribution in [-0.2, 0) is 11.8 Å². The van der Waals surface area contributed by atoms with Crippen LogP contribution in [0, 0.1) is 0 Å². The molecule has 13 heavy (non-hydrogen) atoms. The zero-order valence-corrected chi connectivity index (χ0v) is 8.59. The van der Waals surface area contributed by atoms with Crippen molar-refractivity contribution in [2.24, 2.45) is 7.05 Å². The summed E-state index contributed by atoms with van der Waals surface area (Å²) in [5, 5.41) is 1.81. The smallest absolute Gasteiger partial charge is 0.167 e. The van der Waals surface area contributed by atoms with E-state index >= 15 is 0 Å². The Morgan fingerprint density at radius 3 is 2.92 bits per heavy atom. The van der Waals surface area contributed by atoms with Crippen LogP contribution in [0.2, 0.25) is 0 Å². The maximum atomic E-state index is 5.31.